The first-order valence-electron chi connectivity index (χ1n) is 4.42. The third-order valence-electron chi connectivity index (χ3n) is 1.72. The van der Waals surface area contributed by atoms with E-state index < -0.39 is 0 Å². The summed E-state index contributed by atoms with van der Waals surface area (Å²) in [5.74, 6) is 0. The number of rotatable bonds is 1. The predicted octanol–water partition coefficient (Wildman–Crippen LogP) is 3.25. The lowest BCUT2D eigenvalue weighted by Crippen LogP contribution is -1.77. The Balaban J connectivity index is 0.000000531. The number of aromatic amines is 1. The zero-order chi connectivity index (χ0) is 9.68. The zero-order valence-corrected chi connectivity index (χ0v) is 7.87. The molecule has 2 aromatic rings. The Morgan fingerprint density at radius 1 is 1.31 bits per heavy atom. The number of hydrogen-bond donors (Lipinski definition) is 1. The lowest BCUT2D eigenvalue weighted by molar-refractivity contribution is 0.112. The molecule has 2 rings (SSSR count). The lowest BCUT2D eigenvalue weighted by atomic mass is 10.2. The highest BCUT2D eigenvalue weighted by molar-refractivity contribution is 5.86. The molecule has 70 valence electrons. The van der Waals surface area contributed by atoms with Gasteiger partial charge in [0.1, 0.15) is 6.29 Å². The molecule has 0 radical (unpaired) electrons. The summed E-state index contributed by atoms with van der Waals surface area (Å²) in [6, 6.07) is 7.55. The molecule has 0 fully saturated rings. The third-order valence-corrected chi connectivity index (χ3v) is 1.72. The molecule has 0 spiro atoms. The van der Waals surface area contributed by atoms with Crippen LogP contribution in [0.15, 0.2) is 30.5 Å². The highest BCUT2D eigenvalue weighted by atomic mass is 16.1. The van der Waals surface area contributed by atoms with Crippen molar-refractivity contribution in [2.45, 2.75) is 13.8 Å². The first-order valence-corrected chi connectivity index (χ1v) is 4.42. The monoisotopic (exact) mass is 177 g/mol. The summed E-state index contributed by atoms with van der Waals surface area (Å²) in [6.45, 7) is 4.00. The van der Waals surface area contributed by atoms with Crippen LogP contribution in [-0.2, 0) is 0 Å². The van der Waals surface area contributed by atoms with E-state index >= 15 is 0 Å². The molecule has 1 aromatic carbocycles. The Morgan fingerprint density at radius 3 is 2.77 bits per heavy atom. The summed E-state index contributed by atoms with van der Waals surface area (Å²) in [6.07, 6.45) is 2.71. The van der Waals surface area contributed by atoms with Gasteiger partial charge in [-0.3, -0.25) is 4.79 Å². The van der Waals surface area contributed by atoms with Crippen molar-refractivity contribution < 1.29 is 6.22 Å². The van der Waals surface area contributed by atoms with Crippen molar-refractivity contribution in [3.05, 3.63) is 36.0 Å². The van der Waals surface area contributed by atoms with E-state index in [-0.39, 0.29) is 1.43 Å². The summed E-state index contributed by atoms with van der Waals surface area (Å²) < 4.78 is 0. The molecular weight excluding hydrogens is 162 g/mol. The maximum atomic E-state index is 10.4. The maximum Gasteiger partial charge on any atom is 0.150 e. The number of fused-ring (bicyclic) bond motifs is 1. The number of hydrogen-bond acceptors (Lipinski definition) is 1. The smallest absolute Gasteiger partial charge is 0.150 e. The van der Waals surface area contributed by atoms with Crippen molar-refractivity contribution in [2.75, 3.05) is 0 Å². The number of aromatic nitrogens is 1. The second-order valence-electron chi connectivity index (χ2n) is 2.44. The van der Waals surface area contributed by atoms with Crippen LogP contribution in [0.4, 0.5) is 0 Å². The van der Waals surface area contributed by atoms with Gasteiger partial charge in [0.25, 0.3) is 0 Å². The SMILES string of the molecule is CC.O=Cc1ccc2cc[nH]c2c1.[HH]. The highest BCUT2D eigenvalue weighted by Crippen LogP contribution is 2.12. The largest absolute Gasteiger partial charge is 0.361 e. The molecule has 0 aliphatic heterocycles. The van der Waals surface area contributed by atoms with Gasteiger partial charge in [-0.15, -0.1) is 0 Å². The van der Waals surface area contributed by atoms with E-state index in [1.54, 1.807) is 0 Å². The zero-order valence-electron chi connectivity index (χ0n) is 7.87. The quantitative estimate of drug-likeness (QED) is 0.666. The van der Waals surface area contributed by atoms with Gasteiger partial charge < -0.3 is 4.98 Å². The average Bonchev–Trinajstić information content (AvgIpc) is 2.67. The fourth-order valence-electron chi connectivity index (χ4n) is 1.14. The van der Waals surface area contributed by atoms with Crippen LogP contribution in [0.25, 0.3) is 10.9 Å². The molecule has 0 aliphatic carbocycles. The summed E-state index contributed by atoms with van der Waals surface area (Å²) >= 11 is 0. The molecule has 1 heterocycles. The number of aldehydes is 1. The van der Waals surface area contributed by atoms with Crippen LogP contribution < -0.4 is 0 Å². The topological polar surface area (TPSA) is 32.9 Å². The first-order chi connectivity index (χ1) is 6.40. The van der Waals surface area contributed by atoms with E-state index in [1.165, 1.54) is 0 Å². The van der Waals surface area contributed by atoms with Crippen molar-refractivity contribution in [1.82, 2.24) is 4.98 Å². The van der Waals surface area contributed by atoms with Crippen LogP contribution in [0.2, 0.25) is 0 Å². The standard InChI is InChI=1S/C9H7NO.C2H6.H2/c11-6-7-1-2-8-3-4-10-9(8)5-7;1-2;/h1-6,10H;1-2H3;1H. The van der Waals surface area contributed by atoms with E-state index in [0.29, 0.717) is 5.56 Å². The number of carbonyl (C=O) groups is 1. The van der Waals surface area contributed by atoms with Crippen LogP contribution in [0.3, 0.4) is 0 Å². The molecule has 0 saturated heterocycles. The molecule has 0 bridgehead atoms. The fraction of sp³-hybridized carbons (Fsp3) is 0.182. The lowest BCUT2D eigenvalue weighted by Gasteiger charge is -1.89. The maximum absolute atomic E-state index is 10.4. The summed E-state index contributed by atoms with van der Waals surface area (Å²) in [5, 5.41) is 1.13. The van der Waals surface area contributed by atoms with Crippen LogP contribution >= 0.6 is 0 Å². The number of H-pyrrole nitrogens is 1. The van der Waals surface area contributed by atoms with Crippen LogP contribution in [0.1, 0.15) is 25.6 Å². The van der Waals surface area contributed by atoms with Crippen LogP contribution in [0, 0.1) is 0 Å². The van der Waals surface area contributed by atoms with E-state index in [1.807, 2.05) is 44.3 Å². The van der Waals surface area contributed by atoms with Gasteiger partial charge in [0.15, 0.2) is 0 Å². The van der Waals surface area contributed by atoms with Gasteiger partial charge in [-0.2, -0.15) is 0 Å². The Morgan fingerprint density at radius 2 is 2.08 bits per heavy atom. The normalized spacial score (nSPS) is 9.08. The molecule has 1 aromatic heterocycles. The predicted molar refractivity (Wildman–Crippen MR) is 57.1 cm³/mol. The summed E-state index contributed by atoms with van der Waals surface area (Å²) in [7, 11) is 0. The van der Waals surface area contributed by atoms with Crippen molar-refractivity contribution in [2.24, 2.45) is 0 Å². The molecule has 13 heavy (non-hydrogen) atoms. The molecule has 1 N–H and O–H groups in total. The molecule has 0 unspecified atom stereocenters. The molecule has 2 heteroatoms. The molecule has 2 nitrogen and oxygen atoms in total. The van der Waals surface area contributed by atoms with Gasteiger partial charge in [0.05, 0.1) is 0 Å². The van der Waals surface area contributed by atoms with Crippen molar-refractivity contribution in [1.29, 1.82) is 0 Å². The third kappa shape index (κ3) is 1.96. The number of nitrogens with one attached hydrogen (secondary N) is 1. The minimum absolute atomic E-state index is 0. The van der Waals surface area contributed by atoms with Gasteiger partial charge in [-0.25, -0.2) is 0 Å². The van der Waals surface area contributed by atoms with Gasteiger partial charge in [-0.1, -0.05) is 26.0 Å². The number of benzene rings is 1. The van der Waals surface area contributed by atoms with Crippen LogP contribution in [0.5, 0.6) is 0 Å². The van der Waals surface area contributed by atoms with Gasteiger partial charge in [-0.05, 0) is 17.5 Å². The van der Waals surface area contributed by atoms with Gasteiger partial charge in [0.2, 0.25) is 0 Å². The minimum Gasteiger partial charge on any atom is -0.361 e. The van der Waals surface area contributed by atoms with E-state index in [9.17, 15) is 4.79 Å². The first kappa shape index (κ1) is 9.52. The van der Waals surface area contributed by atoms with E-state index in [0.717, 1.165) is 17.2 Å². The molecule has 0 saturated carbocycles. The summed E-state index contributed by atoms with van der Waals surface area (Å²) in [4.78, 5) is 13.4. The fourth-order valence-corrected chi connectivity index (χ4v) is 1.14. The minimum atomic E-state index is 0. The van der Waals surface area contributed by atoms with Gasteiger partial charge in [0, 0.05) is 18.7 Å². The second-order valence-corrected chi connectivity index (χ2v) is 2.44. The van der Waals surface area contributed by atoms with E-state index in [2.05, 4.69) is 4.98 Å². The molecule has 0 atom stereocenters. The van der Waals surface area contributed by atoms with Crippen molar-refractivity contribution >= 4 is 17.2 Å². The highest BCUT2D eigenvalue weighted by Gasteiger charge is 1.94. The Bertz CT molecular complexity index is 395. The second kappa shape index (κ2) is 4.45. The Labute approximate surface area is 79.1 Å². The molecule has 0 amide bonds. The number of carbonyl (C=O) groups excluding carboxylic acids is 1. The van der Waals surface area contributed by atoms with Crippen LogP contribution in [-0.4, -0.2) is 11.3 Å². The van der Waals surface area contributed by atoms with Crippen molar-refractivity contribution in [3.63, 3.8) is 0 Å². The molecular formula is C11H15NO. The van der Waals surface area contributed by atoms with E-state index in [4.69, 9.17) is 0 Å². The molecule has 0 aliphatic rings. The Hall–Kier alpha value is -1.57. The van der Waals surface area contributed by atoms with Crippen molar-refractivity contribution in [3.8, 4) is 0 Å². The average molecular weight is 177 g/mol. The Kier molecular flexibility index (Phi) is 3.26. The van der Waals surface area contributed by atoms with Gasteiger partial charge >= 0.3 is 0 Å². The summed E-state index contributed by atoms with van der Waals surface area (Å²) in [5.41, 5.74) is 1.72.